The van der Waals surface area contributed by atoms with Crippen molar-refractivity contribution in [2.24, 2.45) is 0 Å². The minimum Gasteiger partial charge on any atom is -0.497 e. The Morgan fingerprint density at radius 1 is 1.21 bits per heavy atom. The van der Waals surface area contributed by atoms with E-state index in [0.29, 0.717) is 6.04 Å². The maximum atomic E-state index is 5.82. The van der Waals surface area contributed by atoms with Gasteiger partial charge in [0.1, 0.15) is 5.75 Å². The van der Waals surface area contributed by atoms with Gasteiger partial charge in [0.05, 0.1) is 12.7 Å². The molecule has 0 bridgehead atoms. The fourth-order valence-corrected chi connectivity index (χ4v) is 2.76. The molecule has 0 saturated carbocycles. The predicted molar refractivity (Wildman–Crippen MR) is 79.9 cm³/mol. The summed E-state index contributed by atoms with van der Waals surface area (Å²) in [4.78, 5) is 0. The van der Waals surface area contributed by atoms with E-state index >= 15 is 0 Å². The van der Waals surface area contributed by atoms with Crippen molar-refractivity contribution in [3.8, 4) is 5.75 Å². The van der Waals surface area contributed by atoms with Crippen LogP contribution in [0.25, 0.3) is 0 Å². The molecule has 3 nitrogen and oxygen atoms in total. The number of methoxy groups -OCH3 is 2. The van der Waals surface area contributed by atoms with Gasteiger partial charge in [-0.05, 0) is 44.0 Å². The van der Waals surface area contributed by atoms with Crippen molar-refractivity contribution in [2.45, 2.75) is 44.8 Å². The maximum absolute atomic E-state index is 5.82. The Morgan fingerprint density at radius 2 is 1.89 bits per heavy atom. The first kappa shape index (κ1) is 16.0. The summed E-state index contributed by atoms with van der Waals surface area (Å²) in [6.45, 7) is 4.37. The zero-order valence-electron chi connectivity index (χ0n) is 12.8. The van der Waals surface area contributed by atoms with E-state index in [-0.39, 0.29) is 5.60 Å². The van der Waals surface area contributed by atoms with Crippen molar-refractivity contribution in [3.05, 3.63) is 29.8 Å². The van der Waals surface area contributed by atoms with Gasteiger partial charge in [-0.25, -0.2) is 0 Å². The minimum absolute atomic E-state index is 0.113. The number of hydrogen-bond donors (Lipinski definition) is 1. The highest BCUT2D eigenvalue weighted by atomic mass is 16.5. The molecular weight excluding hydrogens is 238 g/mol. The zero-order chi connectivity index (χ0) is 14.3. The molecule has 1 rings (SSSR count). The molecular formula is C16H27NO2. The summed E-state index contributed by atoms with van der Waals surface area (Å²) >= 11 is 0. The summed E-state index contributed by atoms with van der Waals surface area (Å²) in [7, 11) is 5.51. The average Bonchev–Trinajstić information content (AvgIpc) is 2.48. The first-order valence-corrected chi connectivity index (χ1v) is 7.01. The van der Waals surface area contributed by atoms with Gasteiger partial charge in [-0.3, -0.25) is 0 Å². The van der Waals surface area contributed by atoms with E-state index in [1.807, 2.05) is 26.3 Å². The van der Waals surface area contributed by atoms with Crippen molar-refractivity contribution in [1.29, 1.82) is 0 Å². The Bertz CT molecular complexity index is 367. The zero-order valence-corrected chi connectivity index (χ0v) is 12.8. The molecule has 3 heteroatoms. The Kier molecular flexibility index (Phi) is 6.32. The monoisotopic (exact) mass is 265 g/mol. The fraction of sp³-hybridized carbons (Fsp3) is 0.625. The topological polar surface area (TPSA) is 30.5 Å². The van der Waals surface area contributed by atoms with Gasteiger partial charge in [-0.2, -0.15) is 0 Å². The molecule has 0 amide bonds. The Labute approximate surface area is 117 Å². The van der Waals surface area contributed by atoms with Crippen LogP contribution in [-0.4, -0.2) is 32.9 Å². The number of nitrogens with one attached hydrogen (secondary N) is 1. The van der Waals surface area contributed by atoms with E-state index in [2.05, 4.69) is 31.3 Å². The van der Waals surface area contributed by atoms with Crippen LogP contribution in [0.4, 0.5) is 0 Å². The molecule has 0 aliphatic carbocycles. The molecule has 0 heterocycles. The van der Waals surface area contributed by atoms with Gasteiger partial charge < -0.3 is 14.8 Å². The van der Waals surface area contributed by atoms with Gasteiger partial charge in [0.15, 0.2) is 0 Å². The van der Waals surface area contributed by atoms with Gasteiger partial charge in [0.2, 0.25) is 0 Å². The number of benzene rings is 1. The molecule has 1 aromatic rings. The molecule has 0 spiro atoms. The summed E-state index contributed by atoms with van der Waals surface area (Å²) in [5.74, 6) is 0.906. The van der Waals surface area contributed by atoms with Crippen molar-refractivity contribution in [3.63, 3.8) is 0 Å². The smallest absolute Gasteiger partial charge is 0.119 e. The third-order valence-corrected chi connectivity index (χ3v) is 4.16. The molecule has 1 unspecified atom stereocenters. The first-order chi connectivity index (χ1) is 9.15. The van der Waals surface area contributed by atoms with Gasteiger partial charge in [-0.1, -0.05) is 26.0 Å². The van der Waals surface area contributed by atoms with Gasteiger partial charge in [0.25, 0.3) is 0 Å². The summed E-state index contributed by atoms with van der Waals surface area (Å²) in [6.07, 6.45) is 2.92. The van der Waals surface area contributed by atoms with Crippen LogP contribution in [-0.2, 0) is 11.2 Å². The molecule has 1 N–H and O–H groups in total. The predicted octanol–water partition coefficient (Wildman–Crippen LogP) is 3.03. The summed E-state index contributed by atoms with van der Waals surface area (Å²) in [5.41, 5.74) is 1.15. The third kappa shape index (κ3) is 3.71. The van der Waals surface area contributed by atoms with Crippen LogP contribution in [0.5, 0.6) is 5.75 Å². The van der Waals surface area contributed by atoms with Crippen molar-refractivity contribution >= 4 is 0 Å². The second-order valence-corrected chi connectivity index (χ2v) is 4.87. The molecule has 0 aliphatic rings. The van der Waals surface area contributed by atoms with Crippen LogP contribution >= 0.6 is 0 Å². The van der Waals surface area contributed by atoms with E-state index in [9.17, 15) is 0 Å². The highest BCUT2D eigenvalue weighted by Gasteiger charge is 2.34. The largest absolute Gasteiger partial charge is 0.497 e. The van der Waals surface area contributed by atoms with E-state index in [0.717, 1.165) is 25.0 Å². The van der Waals surface area contributed by atoms with Gasteiger partial charge in [-0.15, -0.1) is 0 Å². The highest BCUT2D eigenvalue weighted by Crippen LogP contribution is 2.27. The van der Waals surface area contributed by atoms with E-state index in [4.69, 9.17) is 9.47 Å². The Hall–Kier alpha value is -1.06. The summed E-state index contributed by atoms with van der Waals surface area (Å²) in [6, 6.07) is 8.53. The molecule has 19 heavy (non-hydrogen) atoms. The fourth-order valence-electron chi connectivity index (χ4n) is 2.76. The van der Waals surface area contributed by atoms with E-state index in [1.165, 1.54) is 5.56 Å². The lowest BCUT2D eigenvalue weighted by atomic mass is 9.84. The van der Waals surface area contributed by atoms with E-state index in [1.54, 1.807) is 7.11 Å². The number of likely N-dealkylation sites (N-methyl/N-ethyl adjacent to an activating group) is 1. The van der Waals surface area contributed by atoms with Crippen LogP contribution in [0.1, 0.15) is 32.3 Å². The molecule has 0 radical (unpaired) electrons. The number of ether oxygens (including phenoxy) is 2. The number of hydrogen-bond acceptors (Lipinski definition) is 3. The Balaban J connectivity index is 2.91. The summed E-state index contributed by atoms with van der Waals surface area (Å²) < 4.78 is 11.1. The van der Waals surface area contributed by atoms with Crippen LogP contribution in [0.15, 0.2) is 24.3 Å². The Morgan fingerprint density at radius 3 is 2.37 bits per heavy atom. The summed E-state index contributed by atoms with van der Waals surface area (Å²) in [5, 5.41) is 3.42. The first-order valence-electron chi connectivity index (χ1n) is 7.01. The lowest BCUT2D eigenvalue weighted by Crippen LogP contribution is -2.51. The second kappa shape index (κ2) is 7.51. The maximum Gasteiger partial charge on any atom is 0.119 e. The quantitative estimate of drug-likeness (QED) is 0.783. The molecule has 108 valence electrons. The molecule has 0 aliphatic heterocycles. The van der Waals surface area contributed by atoms with Crippen LogP contribution in [0.3, 0.4) is 0 Å². The van der Waals surface area contributed by atoms with Crippen molar-refractivity contribution in [2.75, 3.05) is 21.3 Å². The lowest BCUT2D eigenvalue weighted by molar-refractivity contribution is -0.0454. The SMILES string of the molecule is CCC(CC)(OC)C(Cc1cccc(OC)c1)NC. The van der Waals surface area contributed by atoms with E-state index < -0.39 is 0 Å². The molecule has 1 aromatic carbocycles. The van der Waals surface area contributed by atoms with Gasteiger partial charge >= 0.3 is 0 Å². The molecule has 0 fully saturated rings. The molecule has 1 atom stereocenters. The second-order valence-electron chi connectivity index (χ2n) is 4.87. The van der Waals surface area contributed by atoms with Crippen LogP contribution in [0.2, 0.25) is 0 Å². The average molecular weight is 265 g/mol. The van der Waals surface area contributed by atoms with Crippen molar-refractivity contribution in [1.82, 2.24) is 5.32 Å². The van der Waals surface area contributed by atoms with Crippen LogP contribution < -0.4 is 10.1 Å². The third-order valence-electron chi connectivity index (χ3n) is 4.16. The van der Waals surface area contributed by atoms with Crippen LogP contribution in [0, 0.1) is 0 Å². The van der Waals surface area contributed by atoms with Gasteiger partial charge in [0, 0.05) is 13.2 Å². The highest BCUT2D eigenvalue weighted by molar-refractivity contribution is 5.29. The standard InChI is InChI=1S/C16H27NO2/c1-6-16(7-2,19-5)15(17-3)12-13-9-8-10-14(11-13)18-4/h8-11,15,17H,6-7,12H2,1-5H3. The lowest BCUT2D eigenvalue weighted by Gasteiger charge is -2.38. The number of rotatable bonds is 8. The molecule has 0 aromatic heterocycles. The van der Waals surface area contributed by atoms with Crippen molar-refractivity contribution < 1.29 is 9.47 Å². The normalized spacial score (nSPS) is 13.3. The molecule has 0 saturated heterocycles. The minimum atomic E-state index is -0.113.